The van der Waals surface area contributed by atoms with Crippen molar-refractivity contribution in [3.05, 3.63) is 55.3 Å². The first kappa shape index (κ1) is 27.2. The van der Waals surface area contributed by atoms with Gasteiger partial charge < -0.3 is 34.8 Å². The maximum absolute atomic E-state index is 13.0. The largest absolute Gasteiger partial charge is 0.793 e. The lowest BCUT2D eigenvalue weighted by Gasteiger charge is -2.32. The number of anilines is 1. The molecule has 2 fully saturated rings. The van der Waals surface area contributed by atoms with Gasteiger partial charge in [0.1, 0.15) is 24.4 Å². The second-order valence-electron chi connectivity index (χ2n) is 8.39. The number of nitrogens with one attached hydrogen (secondary N) is 1. The summed E-state index contributed by atoms with van der Waals surface area (Å²) in [5.74, 6) is 0.0452. The molecule has 4 rings (SSSR count). The van der Waals surface area contributed by atoms with Crippen molar-refractivity contribution >= 4 is 34.7 Å². The van der Waals surface area contributed by atoms with Crippen LogP contribution in [0.4, 0.5) is 5.82 Å². The molecule has 14 nitrogen and oxygen atoms in total. The van der Waals surface area contributed by atoms with E-state index < -0.39 is 66.1 Å². The van der Waals surface area contributed by atoms with Crippen LogP contribution in [-0.4, -0.2) is 66.1 Å². The first-order valence-electron chi connectivity index (χ1n) is 10.9. The third-order valence-corrected chi connectivity index (χ3v) is 10.0. The van der Waals surface area contributed by atoms with Crippen LogP contribution in [0, 0.1) is 6.92 Å². The lowest BCUT2D eigenvalue weighted by molar-refractivity contribution is -0.180. The molecule has 2 aliphatic heterocycles. The van der Waals surface area contributed by atoms with Crippen LogP contribution in [0.2, 0.25) is 0 Å². The molecule has 0 aromatic carbocycles. The zero-order chi connectivity index (χ0) is 26.2. The zero-order valence-corrected chi connectivity index (χ0v) is 21.5. The van der Waals surface area contributed by atoms with E-state index in [4.69, 9.17) is 31.5 Å². The Morgan fingerprint density at radius 2 is 2.00 bits per heavy atom. The third-order valence-electron chi connectivity index (χ3n) is 5.84. The molecule has 0 bridgehead atoms. The molecule has 0 aliphatic carbocycles. The van der Waals surface area contributed by atoms with E-state index in [9.17, 15) is 29.5 Å². The van der Waals surface area contributed by atoms with E-state index in [-0.39, 0.29) is 24.4 Å². The minimum atomic E-state index is -3.75. The van der Waals surface area contributed by atoms with E-state index in [1.165, 1.54) is 34.5 Å². The smallest absolute Gasteiger partial charge is 0.351 e. The molecule has 0 amide bonds. The highest BCUT2D eigenvalue weighted by atomic mass is 32.9. The molecule has 2 aromatic rings. The van der Waals surface area contributed by atoms with Gasteiger partial charge in [-0.05, 0) is 13.0 Å². The van der Waals surface area contributed by atoms with Gasteiger partial charge in [0.25, 0.3) is 5.56 Å². The molecule has 0 radical (unpaired) electrons. The highest BCUT2D eigenvalue weighted by molar-refractivity contribution is 8.67. The first-order chi connectivity index (χ1) is 17.0. The van der Waals surface area contributed by atoms with Crippen molar-refractivity contribution in [2.24, 2.45) is 0 Å². The van der Waals surface area contributed by atoms with Gasteiger partial charge in [0.05, 0.1) is 24.9 Å². The van der Waals surface area contributed by atoms with Crippen molar-refractivity contribution in [3.8, 4) is 0 Å². The van der Waals surface area contributed by atoms with Crippen molar-refractivity contribution in [2.45, 2.75) is 56.6 Å². The fourth-order valence-corrected chi connectivity index (χ4v) is 7.61. The number of aliphatic hydroxyl groups is 2. The number of aromatic nitrogens is 4. The molecule has 2 saturated heterocycles. The number of hydrogen-bond acceptors (Lipinski definition) is 13. The average Bonchev–Trinajstić information content (AvgIpc) is 3.37. The number of aromatic amines is 1. The molecule has 4 heterocycles. The molecule has 36 heavy (non-hydrogen) atoms. The van der Waals surface area contributed by atoms with Gasteiger partial charge in [-0.2, -0.15) is 4.98 Å². The SMILES string of the molecule is Cc1cn(C2CC(O)C(CSP([O-])(=S)OC3CC(n4ccc(N)nc4=O)OC3CO)O2)c(=O)[nH]c1=O. The summed E-state index contributed by atoms with van der Waals surface area (Å²) >= 11 is 5.93. The fraction of sp³-hybridized carbons (Fsp3) is 0.579. The number of hydrogen-bond donors (Lipinski definition) is 4. The number of nitrogens with zero attached hydrogens (tertiary/aromatic N) is 3. The predicted octanol–water partition coefficient (Wildman–Crippen LogP) is -1.68. The van der Waals surface area contributed by atoms with Crippen LogP contribution < -0.4 is 27.6 Å². The summed E-state index contributed by atoms with van der Waals surface area (Å²) in [5, 5.41) is 20.1. The second-order valence-corrected chi connectivity index (χ2v) is 14.4. The molecule has 7 unspecified atom stereocenters. The topological polar surface area (TPSA) is 207 Å². The third kappa shape index (κ3) is 5.98. The van der Waals surface area contributed by atoms with Crippen molar-refractivity contribution in [2.75, 3.05) is 18.1 Å². The van der Waals surface area contributed by atoms with E-state index in [1.807, 2.05) is 0 Å². The summed E-state index contributed by atoms with van der Waals surface area (Å²) in [6.45, 7) is 1.08. The van der Waals surface area contributed by atoms with Crippen molar-refractivity contribution in [1.29, 1.82) is 0 Å². The summed E-state index contributed by atoms with van der Waals surface area (Å²) < 4.78 is 19.4. The molecule has 2 aliphatic rings. The molecule has 2 aromatic heterocycles. The minimum absolute atomic E-state index is 0.00231. The summed E-state index contributed by atoms with van der Waals surface area (Å²) in [5.41, 5.74) is 0.236. The molecule has 0 spiro atoms. The summed E-state index contributed by atoms with van der Waals surface area (Å²) in [7, 11) is 0. The average molecular weight is 563 g/mol. The minimum Gasteiger partial charge on any atom is -0.793 e. The van der Waals surface area contributed by atoms with E-state index in [1.54, 1.807) is 0 Å². The highest BCUT2D eigenvalue weighted by Gasteiger charge is 2.40. The number of rotatable bonds is 8. The van der Waals surface area contributed by atoms with Crippen molar-refractivity contribution in [1.82, 2.24) is 19.1 Å². The Balaban J connectivity index is 1.37. The van der Waals surface area contributed by atoms with Crippen LogP contribution in [0.15, 0.2) is 32.8 Å². The molecule has 198 valence electrons. The van der Waals surface area contributed by atoms with Crippen LogP contribution in [0.25, 0.3) is 0 Å². The standard InChI is InChI=1S/C19H26N5O9PS2/c1-9-6-24(19(29)22-17(9)27)15-4-10(26)13(32-15)8-36-34(30,35)33-11-5-16(31-12(11)7-25)23-3-2-14(20)21-18(23)28/h2-3,6,10-13,15-16,25-26H,4-5,7-8H2,1H3,(H,30,35)(H2,20,21,28)(H,22,27,29)/p-1. The van der Waals surface area contributed by atoms with Gasteiger partial charge in [-0.25, -0.2) is 9.59 Å². The van der Waals surface area contributed by atoms with Crippen LogP contribution in [0.1, 0.15) is 30.9 Å². The van der Waals surface area contributed by atoms with Gasteiger partial charge in [0.2, 0.25) is 0 Å². The van der Waals surface area contributed by atoms with Crippen molar-refractivity contribution in [3.63, 3.8) is 0 Å². The number of nitrogens with two attached hydrogens (primary N) is 1. The van der Waals surface area contributed by atoms with Gasteiger partial charge in [-0.3, -0.25) is 18.9 Å². The lowest BCUT2D eigenvalue weighted by atomic mass is 10.2. The Hall–Kier alpha value is -1.88. The van der Waals surface area contributed by atoms with E-state index in [0.29, 0.717) is 5.56 Å². The van der Waals surface area contributed by atoms with Crippen LogP contribution in [0.5, 0.6) is 0 Å². The predicted molar refractivity (Wildman–Crippen MR) is 131 cm³/mol. The monoisotopic (exact) mass is 562 g/mol. The summed E-state index contributed by atoms with van der Waals surface area (Å²) in [6, 6.07) is 1.42. The van der Waals surface area contributed by atoms with Gasteiger partial charge in [0, 0.05) is 42.2 Å². The number of H-pyrrole nitrogens is 1. The number of aryl methyl sites for hydroxylation is 1. The Kier molecular flexibility index (Phi) is 8.19. The quantitative estimate of drug-likeness (QED) is 0.265. The molecule has 0 saturated carbocycles. The number of nitrogen functional groups attached to an aromatic ring is 1. The lowest BCUT2D eigenvalue weighted by Crippen LogP contribution is -2.33. The zero-order valence-electron chi connectivity index (χ0n) is 19.0. The van der Waals surface area contributed by atoms with E-state index >= 15 is 0 Å². The molecule has 5 N–H and O–H groups in total. The van der Waals surface area contributed by atoms with Crippen LogP contribution >= 0.6 is 17.1 Å². The maximum atomic E-state index is 13.0. The van der Waals surface area contributed by atoms with E-state index in [0.717, 1.165) is 11.4 Å². The first-order valence-corrected chi connectivity index (χ1v) is 15.1. The Labute approximate surface area is 213 Å². The maximum Gasteiger partial charge on any atom is 0.351 e. The highest BCUT2D eigenvalue weighted by Crippen LogP contribution is 2.55. The molecule has 7 atom stereocenters. The summed E-state index contributed by atoms with van der Waals surface area (Å²) in [4.78, 5) is 54.7. The second kappa shape index (κ2) is 10.8. The number of aliphatic hydroxyl groups excluding tert-OH is 2. The van der Waals surface area contributed by atoms with Crippen LogP contribution in [0.3, 0.4) is 0 Å². The van der Waals surface area contributed by atoms with Gasteiger partial charge >= 0.3 is 11.4 Å². The van der Waals surface area contributed by atoms with E-state index in [2.05, 4.69) is 9.97 Å². The molecular formula is C19H25N5O9PS2-. The Morgan fingerprint density at radius 3 is 2.69 bits per heavy atom. The van der Waals surface area contributed by atoms with Crippen LogP contribution in [-0.2, 0) is 25.8 Å². The normalized spacial score (nSPS) is 29.9. The van der Waals surface area contributed by atoms with Crippen molar-refractivity contribution < 1.29 is 29.1 Å². The van der Waals surface area contributed by atoms with Gasteiger partial charge in [-0.1, -0.05) is 11.8 Å². The Bertz CT molecular complexity index is 1330. The number of ether oxygens (including phenoxy) is 2. The molecule has 17 heteroatoms. The Morgan fingerprint density at radius 1 is 1.31 bits per heavy atom. The van der Waals surface area contributed by atoms with Gasteiger partial charge in [-0.15, -0.1) is 11.4 Å². The molecular weight excluding hydrogens is 537 g/mol. The summed E-state index contributed by atoms with van der Waals surface area (Å²) in [6.07, 6.45) is -2.28. The fourth-order valence-electron chi connectivity index (χ4n) is 3.99. The van der Waals surface area contributed by atoms with Gasteiger partial charge in [0.15, 0.2) is 0 Å².